The van der Waals surface area contributed by atoms with Crippen molar-refractivity contribution in [2.24, 2.45) is 0 Å². The van der Waals surface area contributed by atoms with Crippen molar-refractivity contribution < 1.29 is 0 Å². The van der Waals surface area contributed by atoms with Crippen molar-refractivity contribution in [2.45, 2.75) is 16.2 Å². The Morgan fingerprint density at radius 3 is 2.44 bits per heavy atom. The molecule has 1 unspecified atom stereocenters. The number of rotatable bonds is 1. The second-order valence-electron chi connectivity index (χ2n) is 3.83. The maximum atomic E-state index is 2.34. The molecular formula is C15H13S+. The smallest absolute Gasteiger partial charge is 0.0619 e. The predicted molar refractivity (Wildman–Crippen MR) is 69.6 cm³/mol. The fraction of sp³-hybridized carbons (Fsp3) is 0.0667. The zero-order valence-corrected chi connectivity index (χ0v) is 9.78. The fourth-order valence-electron chi connectivity index (χ4n) is 2.00. The molecule has 0 aliphatic carbocycles. The van der Waals surface area contributed by atoms with Gasteiger partial charge in [0, 0.05) is 5.56 Å². The Labute approximate surface area is 99.0 Å². The van der Waals surface area contributed by atoms with Gasteiger partial charge in [0.15, 0.2) is 9.79 Å². The topological polar surface area (TPSA) is 0 Å². The lowest BCUT2D eigenvalue weighted by Crippen LogP contribution is -2.07. The Morgan fingerprint density at radius 2 is 1.56 bits per heavy atom. The Bertz CT molecular complexity index is 514. The summed E-state index contributed by atoms with van der Waals surface area (Å²) in [6.07, 6.45) is 3.37. The van der Waals surface area contributed by atoms with Crippen LogP contribution in [0, 0.1) is 0 Å². The first-order chi connectivity index (χ1) is 7.95. The molecule has 0 fully saturated rings. The molecule has 1 atom stereocenters. The SMILES string of the molecule is C1=C[S+](c2ccccc2)c2ccccc2C1. The van der Waals surface area contributed by atoms with E-state index in [-0.39, 0.29) is 10.9 Å². The van der Waals surface area contributed by atoms with E-state index in [4.69, 9.17) is 0 Å². The molecule has 1 aliphatic rings. The van der Waals surface area contributed by atoms with E-state index in [9.17, 15) is 0 Å². The van der Waals surface area contributed by atoms with Crippen molar-refractivity contribution in [2.75, 3.05) is 0 Å². The highest BCUT2D eigenvalue weighted by molar-refractivity contribution is 7.99. The largest absolute Gasteiger partial charge is 0.169 e. The molecule has 1 heteroatoms. The molecule has 0 radical (unpaired) electrons. The first kappa shape index (κ1) is 9.73. The number of benzene rings is 2. The predicted octanol–water partition coefficient (Wildman–Crippen LogP) is 3.79. The molecule has 0 N–H and O–H groups in total. The normalized spacial score (nSPS) is 18.1. The van der Waals surface area contributed by atoms with Crippen molar-refractivity contribution in [1.29, 1.82) is 0 Å². The Kier molecular flexibility index (Phi) is 2.55. The highest BCUT2D eigenvalue weighted by atomic mass is 32.2. The number of hydrogen-bond acceptors (Lipinski definition) is 0. The molecule has 2 aromatic carbocycles. The van der Waals surface area contributed by atoms with Gasteiger partial charge in [0.05, 0.1) is 10.9 Å². The number of hydrogen-bond donors (Lipinski definition) is 0. The Hall–Kier alpha value is -1.47. The molecule has 0 bridgehead atoms. The van der Waals surface area contributed by atoms with Crippen LogP contribution in [-0.2, 0) is 17.3 Å². The van der Waals surface area contributed by atoms with E-state index in [1.54, 1.807) is 0 Å². The summed E-state index contributed by atoms with van der Waals surface area (Å²) >= 11 is 0. The summed E-state index contributed by atoms with van der Waals surface area (Å²) in [6.45, 7) is 0. The molecule has 1 heterocycles. The van der Waals surface area contributed by atoms with Crippen LogP contribution in [0.2, 0.25) is 0 Å². The fourth-order valence-corrected chi connectivity index (χ4v) is 3.96. The van der Waals surface area contributed by atoms with Gasteiger partial charge in [-0.2, -0.15) is 0 Å². The minimum atomic E-state index is 0.136. The summed E-state index contributed by atoms with van der Waals surface area (Å²) in [6, 6.07) is 19.5. The van der Waals surface area contributed by atoms with Gasteiger partial charge < -0.3 is 0 Å². The maximum absolute atomic E-state index is 2.34. The van der Waals surface area contributed by atoms with E-state index in [2.05, 4.69) is 66.1 Å². The van der Waals surface area contributed by atoms with Crippen LogP contribution in [0.25, 0.3) is 0 Å². The van der Waals surface area contributed by atoms with Crippen LogP contribution in [0.3, 0.4) is 0 Å². The summed E-state index contributed by atoms with van der Waals surface area (Å²) in [4.78, 5) is 2.89. The average molecular weight is 225 g/mol. The highest BCUT2D eigenvalue weighted by Gasteiger charge is 2.27. The van der Waals surface area contributed by atoms with E-state index in [1.807, 2.05) is 0 Å². The van der Waals surface area contributed by atoms with E-state index < -0.39 is 0 Å². The molecule has 2 aromatic rings. The summed E-state index contributed by atoms with van der Waals surface area (Å²) in [5, 5.41) is 2.34. The molecule has 3 rings (SSSR count). The van der Waals surface area contributed by atoms with Gasteiger partial charge in [-0.25, -0.2) is 0 Å². The van der Waals surface area contributed by atoms with Crippen molar-refractivity contribution in [3.63, 3.8) is 0 Å². The monoisotopic (exact) mass is 225 g/mol. The van der Waals surface area contributed by atoms with E-state index in [0.717, 1.165) is 6.42 Å². The second kappa shape index (κ2) is 4.18. The van der Waals surface area contributed by atoms with Gasteiger partial charge in [0.25, 0.3) is 0 Å². The van der Waals surface area contributed by atoms with E-state index in [1.165, 1.54) is 15.4 Å². The van der Waals surface area contributed by atoms with Crippen LogP contribution in [0.15, 0.2) is 75.9 Å². The van der Waals surface area contributed by atoms with Crippen molar-refractivity contribution in [3.8, 4) is 0 Å². The van der Waals surface area contributed by atoms with Gasteiger partial charge in [-0.05, 0) is 30.7 Å². The lowest BCUT2D eigenvalue weighted by atomic mass is 10.1. The quantitative estimate of drug-likeness (QED) is 0.648. The van der Waals surface area contributed by atoms with Crippen molar-refractivity contribution in [1.82, 2.24) is 0 Å². The molecule has 0 saturated heterocycles. The van der Waals surface area contributed by atoms with Gasteiger partial charge in [-0.15, -0.1) is 0 Å². The first-order valence-electron chi connectivity index (χ1n) is 5.48. The van der Waals surface area contributed by atoms with Crippen molar-refractivity contribution in [3.05, 3.63) is 71.6 Å². The van der Waals surface area contributed by atoms with Crippen LogP contribution in [0.5, 0.6) is 0 Å². The third-order valence-corrected chi connectivity index (χ3v) is 4.89. The highest BCUT2D eigenvalue weighted by Crippen LogP contribution is 2.30. The molecule has 0 spiro atoms. The van der Waals surface area contributed by atoms with Gasteiger partial charge >= 0.3 is 0 Å². The Balaban J connectivity index is 2.09. The zero-order chi connectivity index (χ0) is 10.8. The van der Waals surface area contributed by atoms with E-state index in [0.29, 0.717) is 0 Å². The van der Waals surface area contributed by atoms with Crippen LogP contribution < -0.4 is 0 Å². The summed E-state index contributed by atoms with van der Waals surface area (Å²) in [7, 11) is 0.136. The third kappa shape index (κ3) is 1.68. The van der Waals surface area contributed by atoms with Crippen LogP contribution in [0.1, 0.15) is 5.56 Å². The first-order valence-corrected chi connectivity index (χ1v) is 6.77. The van der Waals surface area contributed by atoms with Crippen LogP contribution >= 0.6 is 0 Å². The maximum Gasteiger partial charge on any atom is 0.169 e. The van der Waals surface area contributed by atoms with Crippen molar-refractivity contribution >= 4 is 10.9 Å². The minimum Gasteiger partial charge on any atom is -0.0619 e. The summed E-state index contributed by atoms with van der Waals surface area (Å²) in [5.74, 6) is 0. The third-order valence-electron chi connectivity index (χ3n) is 2.78. The lowest BCUT2D eigenvalue weighted by Gasteiger charge is -2.11. The van der Waals surface area contributed by atoms with Gasteiger partial charge in [-0.1, -0.05) is 36.4 Å². The van der Waals surface area contributed by atoms with E-state index >= 15 is 0 Å². The summed E-state index contributed by atoms with van der Waals surface area (Å²) < 4.78 is 0. The Morgan fingerprint density at radius 1 is 0.812 bits per heavy atom. The van der Waals surface area contributed by atoms with Crippen LogP contribution in [0.4, 0.5) is 0 Å². The lowest BCUT2D eigenvalue weighted by molar-refractivity contribution is 1.16. The standard InChI is InChI=1S/C15H13S/c1-2-9-14(10-3-1)16-12-6-8-13-7-4-5-11-15(13)16/h1-7,9-12H,8H2/q+1. The molecule has 16 heavy (non-hydrogen) atoms. The zero-order valence-electron chi connectivity index (χ0n) is 8.97. The van der Waals surface area contributed by atoms with Crippen LogP contribution in [-0.4, -0.2) is 0 Å². The molecule has 1 aliphatic heterocycles. The molecule has 0 nitrogen and oxygen atoms in total. The number of fused-ring (bicyclic) bond motifs is 1. The molecule has 0 aromatic heterocycles. The summed E-state index contributed by atoms with van der Waals surface area (Å²) in [5.41, 5.74) is 1.47. The molecular weight excluding hydrogens is 212 g/mol. The van der Waals surface area contributed by atoms with Gasteiger partial charge in [0.2, 0.25) is 0 Å². The molecule has 0 saturated carbocycles. The average Bonchev–Trinajstić information content (AvgIpc) is 2.39. The molecule has 78 valence electrons. The second-order valence-corrected chi connectivity index (χ2v) is 5.69. The van der Waals surface area contributed by atoms with Gasteiger partial charge in [-0.3, -0.25) is 0 Å². The molecule has 0 amide bonds. The van der Waals surface area contributed by atoms with Gasteiger partial charge in [0.1, 0.15) is 5.41 Å². The minimum absolute atomic E-state index is 0.136. The number of allylic oxidation sites excluding steroid dienone is 1.